The lowest BCUT2D eigenvalue weighted by atomic mass is 10.2. The monoisotopic (exact) mass is 520 g/mol. The van der Waals surface area contributed by atoms with Gasteiger partial charge in [-0.3, -0.25) is 4.90 Å². The SMILES string of the molecule is CCNC(=NCc1ccc(C)s1)NCC(c1cccs1)N1CCOCC1.I. The van der Waals surface area contributed by atoms with Gasteiger partial charge in [-0.2, -0.15) is 0 Å². The van der Waals surface area contributed by atoms with Crippen LogP contribution in [0.1, 0.15) is 27.6 Å². The Balaban J connectivity index is 0.00000261. The highest BCUT2D eigenvalue weighted by atomic mass is 127. The van der Waals surface area contributed by atoms with E-state index in [1.807, 2.05) is 22.7 Å². The number of nitrogens with zero attached hydrogens (tertiary/aromatic N) is 2. The van der Waals surface area contributed by atoms with Crippen LogP contribution in [-0.2, 0) is 11.3 Å². The van der Waals surface area contributed by atoms with E-state index in [1.54, 1.807) is 0 Å². The molecule has 150 valence electrons. The van der Waals surface area contributed by atoms with Crippen molar-refractivity contribution in [3.8, 4) is 0 Å². The molecule has 5 nitrogen and oxygen atoms in total. The fourth-order valence-electron chi connectivity index (χ4n) is 3.04. The predicted octanol–water partition coefficient (Wildman–Crippen LogP) is 3.86. The molecule has 3 heterocycles. The summed E-state index contributed by atoms with van der Waals surface area (Å²) in [6, 6.07) is 9.03. The Bertz CT molecular complexity index is 684. The van der Waals surface area contributed by atoms with E-state index in [1.165, 1.54) is 14.6 Å². The average Bonchev–Trinajstić information content (AvgIpc) is 3.33. The molecule has 2 N–H and O–H groups in total. The first kappa shape index (κ1) is 22.6. The van der Waals surface area contributed by atoms with Crippen molar-refractivity contribution in [2.24, 2.45) is 4.99 Å². The van der Waals surface area contributed by atoms with Crippen molar-refractivity contribution in [3.05, 3.63) is 44.3 Å². The molecule has 1 saturated heterocycles. The fraction of sp³-hybridized carbons (Fsp3) is 0.526. The molecule has 3 rings (SSSR count). The van der Waals surface area contributed by atoms with E-state index < -0.39 is 0 Å². The highest BCUT2D eigenvalue weighted by molar-refractivity contribution is 14.0. The summed E-state index contributed by atoms with van der Waals surface area (Å²) in [6.45, 7) is 10.2. The Morgan fingerprint density at radius 2 is 2.07 bits per heavy atom. The van der Waals surface area contributed by atoms with Crippen molar-refractivity contribution in [3.63, 3.8) is 0 Å². The minimum absolute atomic E-state index is 0. The quantitative estimate of drug-likeness (QED) is 0.331. The normalized spacial score (nSPS) is 16.6. The molecule has 1 aliphatic rings. The highest BCUT2D eigenvalue weighted by Crippen LogP contribution is 2.25. The summed E-state index contributed by atoms with van der Waals surface area (Å²) >= 11 is 3.63. The molecule has 2 aromatic heterocycles. The smallest absolute Gasteiger partial charge is 0.191 e. The summed E-state index contributed by atoms with van der Waals surface area (Å²) < 4.78 is 5.53. The zero-order valence-electron chi connectivity index (χ0n) is 15.9. The van der Waals surface area contributed by atoms with Crippen molar-refractivity contribution in [1.29, 1.82) is 0 Å². The van der Waals surface area contributed by atoms with Gasteiger partial charge < -0.3 is 15.4 Å². The van der Waals surface area contributed by atoms with Gasteiger partial charge in [-0.15, -0.1) is 46.7 Å². The second-order valence-electron chi connectivity index (χ2n) is 6.27. The Labute approximate surface area is 187 Å². The molecule has 0 bridgehead atoms. The van der Waals surface area contributed by atoms with Crippen molar-refractivity contribution in [2.45, 2.75) is 26.4 Å². The van der Waals surface area contributed by atoms with E-state index in [9.17, 15) is 0 Å². The lowest BCUT2D eigenvalue weighted by molar-refractivity contribution is 0.0177. The summed E-state index contributed by atoms with van der Waals surface area (Å²) in [5.41, 5.74) is 0. The molecule has 0 aliphatic carbocycles. The number of aliphatic imine (C=N–C) groups is 1. The van der Waals surface area contributed by atoms with Crippen molar-refractivity contribution in [1.82, 2.24) is 15.5 Å². The molecular weight excluding hydrogens is 491 g/mol. The fourth-order valence-corrected chi connectivity index (χ4v) is 4.72. The van der Waals surface area contributed by atoms with Crippen molar-refractivity contribution >= 4 is 52.6 Å². The van der Waals surface area contributed by atoms with Crippen LogP contribution in [-0.4, -0.2) is 50.3 Å². The number of hydrogen-bond acceptors (Lipinski definition) is 5. The van der Waals surface area contributed by atoms with E-state index in [0.29, 0.717) is 6.04 Å². The zero-order chi connectivity index (χ0) is 18.2. The molecule has 1 fully saturated rings. The topological polar surface area (TPSA) is 48.9 Å². The van der Waals surface area contributed by atoms with Crippen LogP contribution in [0.25, 0.3) is 0 Å². The molecule has 2 aromatic rings. The number of halogens is 1. The van der Waals surface area contributed by atoms with Crippen molar-refractivity contribution in [2.75, 3.05) is 39.4 Å². The Hall–Kier alpha value is -0.680. The molecule has 1 atom stereocenters. The number of thiophene rings is 2. The van der Waals surface area contributed by atoms with Gasteiger partial charge in [0.15, 0.2) is 5.96 Å². The Morgan fingerprint density at radius 3 is 2.70 bits per heavy atom. The van der Waals surface area contributed by atoms with Crippen LogP contribution in [0.3, 0.4) is 0 Å². The molecule has 0 aromatic carbocycles. The minimum Gasteiger partial charge on any atom is -0.379 e. The third-order valence-corrected chi connectivity index (χ3v) is 6.31. The molecule has 1 aliphatic heterocycles. The van der Waals surface area contributed by atoms with Gasteiger partial charge in [0.25, 0.3) is 0 Å². The number of rotatable bonds is 7. The Morgan fingerprint density at radius 1 is 1.26 bits per heavy atom. The summed E-state index contributed by atoms with van der Waals surface area (Å²) in [6.07, 6.45) is 0. The third kappa shape index (κ3) is 7.01. The van der Waals surface area contributed by atoms with E-state index in [0.717, 1.165) is 51.9 Å². The third-order valence-electron chi connectivity index (χ3n) is 4.35. The van der Waals surface area contributed by atoms with Crippen LogP contribution in [0.2, 0.25) is 0 Å². The molecule has 27 heavy (non-hydrogen) atoms. The summed E-state index contributed by atoms with van der Waals surface area (Å²) in [5, 5.41) is 9.07. The van der Waals surface area contributed by atoms with Gasteiger partial charge in [-0.25, -0.2) is 4.99 Å². The first-order chi connectivity index (χ1) is 12.8. The molecule has 0 saturated carbocycles. The van der Waals surface area contributed by atoms with Crippen LogP contribution in [0.15, 0.2) is 34.6 Å². The van der Waals surface area contributed by atoms with Gasteiger partial charge in [-0.1, -0.05) is 6.07 Å². The van der Waals surface area contributed by atoms with E-state index >= 15 is 0 Å². The highest BCUT2D eigenvalue weighted by Gasteiger charge is 2.23. The maximum Gasteiger partial charge on any atom is 0.191 e. The molecule has 1 unspecified atom stereocenters. The molecule has 0 spiro atoms. The van der Waals surface area contributed by atoms with Crippen LogP contribution in [0.4, 0.5) is 0 Å². The van der Waals surface area contributed by atoms with E-state index in [4.69, 9.17) is 9.73 Å². The van der Waals surface area contributed by atoms with Crippen LogP contribution in [0, 0.1) is 6.92 Å². The Kier molecular flexibility index (Phi) is 10.1. The largest absolute Gasteiger partial charge is 0.379 e. The van der Waals surface area contributed by atoms with E-state index in [-0.39, 0.29) is 24.0 Å². The lowest BCUT2D eigenvalue weighted by Crippen LogP contribution is -2.46. The van der Waals surface area contributed by atoms with E-state index in [2.05, 4.69) is 59.0 Å². The second kappa shape index (κ2) is 12.0. The number of aryl methyl sites for hydroxylation is 1. The number of nitrogens with one attached hydrogen (secondary N) is 2. The van der Waals surface area contributed by atoms with Gasteiger partial charge in [0, 0.05) is 40.8 Å². The van der Waals surface area contributed by atoms with Gasteiger partial charge >= 0.3 is 0 Å². The number of hydrogen-bond donors (Lipinski definition) is 2. The van der Waals surface area contributed by atoms with Gasteiger partial charge in [0.1, 0.15) is 0 Å². The standard InChI is InChI=1S/C19H28N4OS2.HI/c1-3-20-19(21-13-16-7-6-15(2)26-16)22-14-17(18-5-4-12-25-18)23-8-10-24-11-9-23;/h4-7,12,17H,3,8-11,13-14H2,1-2H3,(H2,20,21,22);1H. The maximum atomic E-state index is 5.53. The molecule has 0 amide bonds. The second-order valence-corrected chi connectivity index (χ2v) is 8.62. The van der Waals surface area contributed by atoms with Gasteiger partial charge in [0.2, 0.25) is 0 Å². The van der Waals surface area contributed by atoms with Crippen molar-refractivity contribution < 1.29 is 4.74 Å². The maximum absolute atomic E-state index is 5.53. The van der Waals surface area contributed by atoms with Gasteiger partial charge in [-0.05, 0) is 37.4 Å². The first-order valence-corrected chi connectivity index (χ1v) is 10.9. The number of ether oxygens (including phenoxy) is 1. The summed E-state index contributed by atoms with van der Waals surface area (Å²) in [4.78, 5) is 11.3. The van der Waals surface area contributed by atoms with Crippen LogP contribution >= 0.6 is 46.7 Å². The molecule has 8 heteroatoms. The lowest BCUT2D eigenvalue weighted by Gasteiger charge is -2.34. The van der Waals surface area contributed by atoms with Crippen LogP contribution in [0.5, 0.6) is 0 Å². The first-order valence-electron chi connectivity index (χ1n) is 9.19. The number of morpholine rings is 1. The average molecular weight is 521 g/mol. The van der Waals surface area contributed by atoms with Crippen LogP contribution < -0.4 is 10.6 Å². The molecular formula is C19H29IN4OS2. The van der Waals surface area contributed by atoms with Gasteiger partial charge in [0.05, 0.1) is 25.8 Å². The summed E-state index contributed by atoms with van der Waals surface area (Å²) in [5.74, 6) is 0.883. The zero-order valence-corrected chi connectivity index (χ0v) is 19.9. The minimum atomic E-state index is 0. The molecule has 0 radical (unpaired) electrons. The summed E-state index contributed by atoms with van der Waals surface area (Å²) in [7, 11) is 0. The predicted molar refractivity (Wildman–Crippen MR) is 127 cm³/mol. The number of guanidine groups is 1.